The van der Waals surface area contributed by atoms with Gasteiger partial charge >= 0.3 is 0 Å². The average molecular weight is 471 g/mol. The summed E-state index contributed by atoms with van der Waals surface area (Å²) in [5.41, 5.74) is 4.46. The Morgan fingerprint density at radius 3 is 2.57 bits per heavy atom. The second-order valence-electron chi connectivity index (χ2n) is 10.0. The van der Waals surface area contributed by atoms with Crippen LogP contribution in [0, 0.1) is 11.3 Å². The van der Waals surface area contributed by atoms with Crippen LogP contribution in [0.1, 0.15) is 58.3 Å². The molecule has 1 N–H and O–H groups in total. The second-order valence-corrected chi connectivity index (χ2v) is 10.0. The molecule has 35 heavy (non-hydrogen) atoms. The number of nitrogens with zero attached hydrogens (tertiary/aromatic N) is 3. The first kappa shape index (κ1) is 21.8. The number of rotatable bonds is 3. The lowest BCUT2D eigenvalue weighted by Crippen LogP contribution is -2.52. The summed E-state index contributed by atoms with van der Waals surface area (Å²) < 4.78 is 6.26. The zero-order valence-electron chi connectivity index (χ0n) is 19.4. The van der Waals surface area contributed by atoms with E-state index in [2.05, 4.69) is 16.3 Å². The molecule has 178 valence electrons. The van der Waals surface area contributed by atoms with Crippen LogP contribution in [0.15, 0.2) is 36.4 Å². The maximum atomic E-state index is 13.1. The summed E-state index contributed by atoms with van der Waals surface area (Å²) in [5, 5.41) is 11.4. The van der Waals surface area contributed by atoms with Crippen LogP contribution >= 0.6 is 0 Å². The number of piperidine rings is 2. The summed E-state index contributed by atoms with van der Waals surface area (Å²) in [4.78, 5) is 41.1. The largest absolute Gasteiger partial charge is 0.492 e. The van der Waals surface area contributed by atoms with Crippen LogP contribution in [0.5, 0.6) is 5.75 Å². The summed E-state index contributed by atoms with van der Waals surface area (Å²) in [6.45, 7) is 3.69. The Bertz CT molecular complexity index is 1270. The topological polar surface area (TPSA) is 103 Å². The summed E-state index contributed by atoms with van der Waals surface area (Å²) in [6, 6.07) is 13.2. The van der Waals surface area contributed by atoms with Gasteiger partial charge in [0.25, 0.3) is 5.91 Å². The van der Waals surface area contributed by atoms with Gasteiger partial charge in [-0.3, -0.25) is 24.6 Å². The third-order valence-electron chi connectivity index (χ3n) is 8.03. The van der Waals surface area contributed by atoms with Crippen LogP contribution in [0.25, 0.3) is 0 Å². The molecule has 0 saturated carbocycles. The van der Waals surface area contributed by atoms with E-state index in [1.165, 1.54) is 11.1 Å². The van der Waals surface area contributed by atoms with E-state index in [0.717, 1.165) is 43.8 Å². The number of nitriles is 1. The molecular formula is C27H26N4O4. The molecule has 2 aromatic rings. The normalized spacial score (nSPS) is 23.0. The van der Waals surface area contributed by atoms with E-state index in [9.17, 15) is 14.4 Å². The Morgan fingerprint density at radius 2 is 1.86 bits per heavy atom. The quantitative estimate of drug-likeness (QED) is 0.691. The highest BCUT2D eigenvalue weighted by atomic mass is 16.5. The van der Waals surface area contributed by atoms with Gasteiger partial charge < -0.3 is 9.64 Å². The van der Waals surface area contributed by atoms with Crippen molar-refractivity contribution in [3.8, 4) is 11.8 Å². The number of hydrogen-bond acceptors (Lipinski definition) is 6. The molecule has 2 fully saturated rings. The molecule has 0 aromatic heterocycles. The minimum atomic E-state index is -0.621. The molecule has 4 aliphatic heterocycles. The molecule has 4 aliphatic rings. The molecule has 1 atom stereocenters. The van der Waals surface area contributed by atoms with Crippen LogP contribution in [-0.2, 0) is 28.1 Å². The van der Waals surface area contributed by atoms with Gasteiger partial charge in [0, 0.05) is 35.1 Å². The van der Waals surface area contributed by atoms with E-state index in [1.54, 1.807) is 4.90 Å². The smallest absolute Gasteiger partial charge is 0.255 e. The van der Waals surface area contributed by atoms with E-state index >= 15 is 0 Å². The monoisotopic (exact) mass is 470 g/mol. The van der Waals surface area contributed by atoms with Crippen molar-refractivity contribution in [3.63, 3.8) is 0 Å². The van der Waals surface area contributed by atoms with E-state index in [1.807, 2.05) is 36.4 Å². The molecule has 2 aromatic carbocycles. The first-order valence-corrected chi connectivity index (χ1v) is 12.1. The van der Waals surface area contributed by atoms with Crippen molar-refractivity contribution in [2.24, 2.45) is 0 Å². The van der Waals surface area contributed by atoms with Gasteiger partial charge in [0.2, 0.25) is 11.8 Å². The summed E-state index contributed by atoms with van der Waals surface area (Å²) >= 11 is 0. The fraction of sp³-hybridized carbons (Fsp3) is 0.407. The molecule has 0 bridgehead atoms. The molecule has 8 heteroatoms. The first-order chi connectivity index (χ1) is 17.0. The van der Waals surface area contributed by atoms with E-state index in [-0.39, 0.29) is 23.7 Å². The van der Waals surface area contributed by atoms with Crippen molar-refractivity contribution < 1.29 is 19.1 Å². The standard InChI is InChI=1S/C27H26N4O4/c28-13-17-1-3-18(4-2-17)14-30-11-9-27(10-12-30)16-35-24-20-15-31(22-7-8-23(32)29-25(22)33)26(34)19(20)5-6-21(24)27/h1-6,22H,7-12,14-16H2,(H,29,32,33). The van der Waals surface area contributed by atoms with Gasteiger partial charge in [-0.05, 0) is 56.1 Å². The molecular weight excluding hydrogens is 444 g/mol. The number of amides is 3. The molecule has 0 aliphatic carbocycles. The number of benzene rings is 2. The van der Waals surface area contributed by atoms with Crippen molar-refractivity contribution in [1.82, 2.24) is 15.1 Å². The van der Waals surface area contributed by atoms with Crippen molar-refractivity contribution in [3.05, 3.63) is 64.2 Å². The molecule has 8 nitrogen and oxygen atoms in total. The zero-order valence-corrected chi connectivity index (χ0v) is 19.4. The van der Waals surface area contributed by atoms with Crippen molar-refractivity contribution in [2.75, 3.05) is 19.7 Å². The number of likely N-dealkylation sites (tertiary alicyclic amines) is 1. The Balaban J connectivity index is 1.18. The highest BCUT2D eigenvalue weighted by Crippen LogP contribution is 2.49. The Morgan fingerprint density at radius 1 is 1.09 bits per heavy atom. The van der Waals surface area contributed by atoms with Crippen LogP contribution < -0.4 is 10.1 Å². The number of ether oxygens (including phenoxy) is 1. The lowest BCUT2D eigenvalue weighted by Gasteiger charge is -2.38. The van der Waals surface area contributed by atoms with Gasteiger partial charge in [0.1, 0.15) is 11.8 Å². The Kier molecular flexibility index (Phi) is 5.11. The molecule has 6 rings (SSSR count). The van der Waals surface area contributed by atoms with Crippen LogP contribution in [0.2, 0.25) is 0 Å². The number of nitrogens with one attached hydrogen (secondary N) is 1. The number of carbonyl (C=O) groups is 3. The number of imide groups is 1. The summed E-state index contributed by atoms with van der Waals surface area (Å²) in [6.07, 6.45) is 2.54. The van der Waals surface area contributed by atoms with Gasteiger partial charge in [-0.2, -0.15) is 5.26 Å². The second kappa shape index (κ2) is 8.21. The Hall–Kier alpha value is -3.70. The highest BCUT2D eigenvalue weighted by molar-refractivity contribution is 6.05. The van der Waals surface area contributed by atoms with Gasteiger partial charge in [0.15, 0.2) is 0 Å². The van der Waals surface area contributed by atoms with E-state index < -0.39 is 11.9 Å². The van der Waals surface area contributed by atoms with Gasteiger partial charge in [-0.1, -0.05) is 18.2 Å². The van der Waals surface area contributed by atoms with Crippen molar-refractivity contribution in [2.45, 2.75) is 50.2 Å². The van der Waals surface area contributed by atoms with Gasteiger partial charge in [-0.25, -0.2) is 0 Å². The SMILES string of the molecule is N#Cc1ccc(CN2CCC3(CC2)COc2c3ccc3c2CN(C2CCC(=O)NC2=O)C3=O)cc1. The lowest BCUT2D eigenvalue weighted by molar-refractivity contribution is -0.136. The lowest BCUT2D eigenvalue weighted by atomic mass is 9.74. The van der Waals surface area contributed by atoms with Crippen molar-refractivity contribution in [1.29, 1.82) is 5.26 Å². The summed E-state index contributed by atoms with van der Waals surface area (Å²) in [5.74, 6) is -0.0385. The molecule has 0 radical (unpaired) electrons. The number of fused-ring (bicyclic) bond motifs is 4. The maximum absolute atomic E-state index is 13.1. The molecule has 1 unspecified atom stereocenters. The van der Waals surface area contributed by atoms with E-state index in [4.69, 9.17) is 10.00 Å². The minimum Gasteiger partial charge on any atom is -0.492 e. The third kappa shape index (κ3) is 3.58. The van der Waals surface area contributed by atoms with Crippen LogP contribution in [-0.4, -0.2) is 53.3 Å². The predicted molar refractivity (Wildman–Crippen MR) is 125 cm³/mol. The number of hydrogen-bond donors (Lipinski definition) is 1. The Labute approximate surface area is 203 Å². The van der Waals surface area contributed by atoms with Crippen LogP contribution in [0.3, 0.4) is 0 Å². The zero-order chi connectivity index (χ0) is 24.2. The van der Waals surface area contributed by atoms with Gasteiger partial charge in [-0.15, -0.1) is 0 Å². The van der Waals surface area contributed by atoms with Crippen molar-refractivity contribution >= 4 is 17.7 Å². The maximum Gasteiger partial charge on any atom is 0.255 e. The van der Waals surface area contributed by atoms with E-state index in [0.29, 0.717) is 30.7 Å². The molecule has 3 amide bonds. The number of carbonyl (C=O) groups excluding carboxylic acids is 3. The van der Waals surface area contributed by atoms with Gasteiger partial charge in [0.05, 0.1) is 24.8 Å². The summed E-state index contributed by atoms with van der Waals surface area (Å²) in [7, 11) is 0. The third-order valence-corrected chi connectivity index (χ3v) is 8.03. The molecule has 4 heterocycles. The molecule has 1 spiro atoms. The van der Waals surface area contributed by atoms with Crippen LogP contribution in [0.4, 0.5) is 0 Å². The first-order valence-electron chi connectivity index (χ1n) is 12.1. The average Bonchev–Trinajstić information content (AvgIpc) is 3.39. The minimum absolute atomic E-state index is 0.0589. The predicted octanol–water partition coefficient (Wildman–Crippen LogP) is 2.25. The fourth-order valence-electron chi connectivity index (χ4n) is 5.98. The molecule has 2 saturated heterocycles. The fourth-order valence-corrected chi connectivity index (χ4v) is 5.98. The highest BCUT2D eigenvalue weighted by Gasteiger charge is 2.47.